The zero-order chi connectivity index (χ0) is 32.4. The molecule has 0 saturated carbocycles. The van der Waals surface area contributed by atoms with Crippen LogP contribution in [0.5, 0.6) is 0 Å². The maximum Gasteiger partial charge on any atom is 0.216 e. The fourth-order valence-electron chi connectivity index (χ4n) is 5.21. The van der Waals surface area contributed by atoms with Crippen molar-refractivity contribution < 1.29 is 22.7 Å². The van der Waals surface area contributed by atoms with Crippen molar-refractivity contribution in [3.63, 3.8) is 0 Å². The second kappa shape index (κ2) is 7.02. The molecule has 1 aliphatic rings. The third-order valence-corrected chi connectivity index (χ3v) is 6.93. The first-order valence-electron chi connectivity index (χ1n) is 16.2. The maximum absolute atomic E-state index is 8.73. The molecule has 34 heavy (non-hydrogen) atoms. The predicted octanol–water partition coefficient (Wildman–Crippen LogP) is 7.52. The van der Waals surface area contributed by atoms with Crippen molar-refractivity contribution in [2.45, 2.75) is 52.6 Å². The van der Waals surface area contributed by atoms with Crippen LogP contribution in [0.15, 0.2) is 59.3 Å². The van der Waals surface area contributed by atoms with Crippen LogP contribution in [-0.2, 0) is 12.5 Å². The molecule has 1 aliphatic carbocycles. The van der Waals surface area contributed by atoms with Crippen LogP contribution in [0.4, 0.5) is 0 Å². The minimum absolute atomic E-state index is 0.0642. The Morgan fingerprint density at radius 2 is 1.85 bits per heavy atom. The normalized spacial score (nSPS) is 20.0. The van der Waals surface area contributed by atoms with Crippen molar-refractivity contribution in [2.75, 3.05) is 0 Å². The number of aryl methyl sites for hydroxylation is 3. The molecule has 0 bridgehead atoms. The average Bonchev–Trinajstić information content (AvgIpc) is 3.41. The highest BCUT2D eigenvalue weighted by atomic mass is 16.3. The van der Waals surface area contributed by atoms with E-state index in [0.29, 0.717) is 44.4 Å². The second-order valence-electron chi connectivity index (χ2n) is 9.35. The van der Waals surface area contributed by atoms with E-state index < -0.39 is 31.9 Å². The number of furan rings is 1. The first kappa shape index (κ1) is 12.9. The quantitative estimate of drug-likeness (QED) is 0.257. The van der Waals surface area contributed by atoms with Crippen molar-refractivity contribution in [1.29, 1.82) is 0 Å². The minimum atomic E-state index is -2.93. The van der Waals surface area contributed by atoms with Crippen molar-refractivity contribution in [2.24, 2.45) is 7.05 Å². The molecule has 3 heterocycles. The molecule has 0 spiro atoms. The highest BCUT2D eigenvalue weighted by molar-refractivity contribution is 6.12. The molecule has 6 rings (SSSR count). The van der Waals surface area contributed by atoms with E-state index in [4.69, 9.17) is 18.1 Å². The number of aromatic nitrogens is 2. The molecule has 0 unspecified atom stereocenters. The molecule has 0 fully saturated rings. The van der Waals surface area contributed by atoms with Crippen LogP contribution < -0.4 is 4.57 Å². The Morgan fingerprint density at radius 3 is 2.62 bits per heavy atom. The van der Waals surface area contributed by atoms with Gasteiger partial charge in [-0.05, 0) is 53.6 Å². The van der Waals surface area contributed by atoms with E-state index >= 15 is 0 Å². The summed E-state index contributed by atoms with van der Waals surface area (Å²) in [5.41, 5.74) is 2.46. The molecule has 3 heteroatoms. The van der Waals surface area contributed by atoms with Gasteiger partial charge < -0.3 is 4.42 Å². The number of hydrogen-bond donors (Lipinski definition) is 0. The monoisotopic (exact) mass is 457 g/mol. The highest BCUT2D eigenvalue weighted by Gasteiger charge is 2.38. The Bertz CT molecular complexity index is 1980. The summed E-state index contributed by atoms with van der Waals surface area (Å²) >= 11 is 0. The smallest absolute Gasteiger partial charge is 0.216 e. The molecular weight excluding hydrogens is 416 g/mol. The molecule has 0 atom stereocenters. The minimum Gasteiger partial charge on any atom is -0.453 e. The van der Waals surface area contributed by atoms with Crippen molar-refractivity contribution in [1.82, 2.24) is 4.98 Å². The molecule has 0 amide bonds. The average molecular weight is 458 g/mol. The Kier molecular flexibility index (Phi) is 2.65. The van der Waals surface area contributed by atoms with Crippen molar-refractivity contribution in [3.8, 4) is 22.4 Å². The number of hydrogen-bond acceptors (Lipinski definition) is 2. The van der Waals surface area contributed by atoms with Gasteiger partial charge in [0.05, 0.1) is 5.56 Å². The van der Waals surface area contributed by atoms with Crippen LogP contribution in [0.2, 0.25) is 0 Å². The summed E-state index contributed by atoms with van der Waals surface area (Å²) in [4.78, 5) is 4.63. The lowest BCUT2D eigenvalue weighted by Gasteiger charge is -2.20. The van der Waals surface area contributed by atoms with Gasteiger partial charge in [-0.2, -0.15) is 0 Å². The lowest BCUT2D eigenvalue weighted by molar-refractivity contribution is -0.660. The van der Waals surface area contributed by atoms with Crippen molar-refractivity contribution >= 4 is 22.1 Å². The lowest BCUT2D eigenvalue weighted by atomic mass is 9.83. The van der Waals surface area contributed by atoms with E-state index in [9.17, 15) is 0 Å². The van der Waals surface area contributed by atoms with Gasteiger partial charge in [-0.3, -0.25) is 4.98 Å². The topological polar surface area (TPSA) is 29.9 Å². The van der Waals surface area contributed by atoms with E-state index in [1.165, 1.54) is 12.4 Å². The fraction of sp³-hybridized carbons (Fsp3) is 0.290. The van der Waals surface area contributed by atoms with Crippen LogP contribution in [-0.4, -0.2) is 4.98 Å². The Labute approximate surface area is 215 Å². The van der Waals surface area contributed by atoms with Gasteiger partial charge in [0.2, 0.25) is 5.69 Å². The fourth-order valence-corrected chi connectivity index (χ4v) is 5.21. The zero-order valence-corrected chi connectivity index (χ0v) is 19.5. The first-order valence-corrected chi connectivity index (χ1v) is 11.2. The van der Waals surface area contributed by atoms with Gasteiger partial charge in [-0.15, -0.1) is 0 Å². The van der Waals surface area contributed by atoms with Gasteiger partial charge in [0.25, 0.3) is 0 Å². The van der Waals surface area contributed by atoms with E-state index in [0.717, 1.165) is 5.56 Å². The summed E-state index contributed by atoms with van der Waals surface area (Å²) in [5.74, 6) is -1.22. The summed E-state index contributed by atoms with van der Waals surface area (Å²) in [6, 6.07) is 12.1. The summed E-state index contributed by atoms with van der Waals surface area (Å²) < 4.78 is 92.3. The summed E-state index contributed by atoms with van der Waals surface area (Å²) in [7, 11) is 1.74. The Hall–Kier alpha value is -3.46. The summed E-state index contributed by atoms with van der Waals surface area (Å²) in [6.07, 6.45) is 2.89. The molecule has 2 aromatic carbocycles. The number of fused-ring (bicyclic) bond motifs is 7. The van der Waals surface area contributed by atoms with Gasteiger partial charge >= 0.3 is 0 Å². The number of pyridine rings is 2. The molecule has 3 aromatic heterocycles. The van der Waals surface area contributed by atoms with E-state index in [2.05, 4.69) is 4.98 Å². The molecule has 5 aromatic rings. The standard InChI is InChI=1S/C31H31N2O/c1-17(2)22-14-25(33(7)16-19(22)4)26-18(3)12-13-21-28-30(34-29(21)26)27-20-10-8-9-11-23(20)31(5,6)24(27)15-32-28/h8-17H,1-7H3/q+1/i4D3,5D3,6D3,17D. The van der Waals surface area contributed by atoms with Crippen LogP contribution in [0, 0.1) is 13.8 Å². The third kappa shape index (κ3) is 2.70. The zero-order valence-electron chi connectivity index (χ0n) is 29.5. The summed E-state index contributed by atoms with van der Waals surface area (Å²) in [5, 5.41) is 0.632. The van der Waals surface area contributed by atoms with Gasteiger partial charge in [0.15, 0.2) is 17.4 Å². The number of rotatable bonds is 2. The SMILES string of the molecule is [2H]C([2H])([2H])c1c[n+](C)c(-c2c(C)ccc3c2oc2c4c(cnc23)C(C([2H])([2H])[2H])(C([2H])([2H])[2H])c2ccccc2-4)cc1C([2H])(C)C. The largest absolute Gasteiger partial charge is 0.453 e. The Balaban J connectivity index is 1.74. The molecule has 170 valence electrons. The van der Waals surface area contributed by atoms with Crippen molar-refractivity contribution in [3.05, 3.63) is 82.7 Å². The summed E-state index contributed by atoms with van der Waals surface area (Å²) in [6.45, 7) is -3.11. The maximum atomic E-state index is 8.73. The third-order valence-electron chi connectivity index (χ3n) is 6.93. The van der Waals surface area contributed by atoms with Crippen LogP contribution in [0.1, 0.15) is 75.0 Å². The van der Waals surface area contributed by atoms with Gasteiger partial charge in [-0.25, -0.2) is 4.57 Å². The van der Waals surface area contributed by atoms with Gasteiger partial charge in [-0.1, -0.05) is 57.9 Å². The van der Waals surface area contributed by atoms with Crippen LogP contribution in [0.3, 0.4) is 0 Å². The number of benzene rings is 2. The number of nitrogens with zero attached hydrogens (tertiary/aromatic N) is 2. The molecular formula is C31H31N2O+. The van der Waals surface area contributed by atoms with E-state index in [1.54, 1.807) is 55.8 Å². The van der Waals surface area contributed by atoms with E-state index in [1.807, 2.05) is 19.1 Å². The second-order valence-corrected chi connectivity index (χ2v) is 9.35. The molecule has 0 aliphatic heterocycles. The Morgan fingerprint density at radius 1 is 1.03 bits per heavy atom. The van der Waals surface area contributed by atoms with E-state index in [-0.39, 0.29) is 22.3 Å². The van der Waals surface area contributed by atoms with Gasteiger partial charge in [0.1, 0.15) is 12.6 Å². The molecule has 0 radical (unpaired) electrons. The first-order chi connectivity index (χ1) is 20.2. The van der Waals surface area contributed by atoms with Crippen LogP contribution >= 0.6 is 0 Å². The molecule has 0 N–H and O–H groups in total. The predicted molar refractivity (Wildman–Crippen MR) is 139 cm³/mol. The molecule has 3 nitrogen and oxygen atoms in total. The molecule has 0 saturated heterocycles. The van der Waals surface area contributed by atoms with Crippen LogP contribution in [0.25, 0.3) is 44.5 Å². The highest BCUT2D eigenvalue weighted by Crippen LogP contribution is 2.52. The van der Waals surface area contributed by atoms with Gasteiger partial charge in [0, 0.05) is 47.9 Å². The lowest BCUT2D eigenvalue weighted by Crippen LogP contribution is -2.32.